The number of amides is 1. The van der Waals surface area contributed by atoms with Crippen LogP contribution in [-0.2, 0) is 4.79 Å². The summed E-state index contributed by atoms with van der Waals surface area (Å²) in [5.74, 6) is 0.00434. The predicted octanol–water partition coefficient (Wildman–Crippen LogP) is 3.78. The van der Waals surface area contributed by atoms with E-state index in [-0.39, 0.29) is 17.1 Å². The number of carbonyl (C=O) groups is 1. The van der Waals surface area contributed by atoms with E-state index in [1.54, 1.807) is 29.2 Å². The van der Waals surface area contributed by atoms with Crippen molar-refractivity contribution in [1.82, 2.24) is 0 Å². The Morgan fingerprint density at radius 3 is 2.68 bits per heavy atom. The summed E-state index contributed by atoms with van der Waals surface area (Å²) < 4.78 is 13.1. The van der Waals surface area contributed by atoms with Gasteiger partial charge in [0.15, 0.2) is 0 Å². The minimum atomic E-state index is -0.307. The summed E-state index contributed by atoms with van der Waals surface area (Å²) in [6.45, 7) is 1.88. The monoisotopic (exact) mass is 312 g/mol. The fourth-order valence-electron chi connectivity index (χ4n) is 2.61. The van der Waals surface area contributed by atoms with E-state index in [1.807, 2.05) is 13.0 Å². The van der Waals surface area contributed by atoms with Crippen LogP contribution in [-0.4, -0.2) is 11.7 Å². The highest BCUT2D eigenvalue weighted by atomic mass is 32.2. The van der Waals surface area contributed by atoms with E-state index in [4.69, 9.17) is 0 Å². The van der Waals surface area contributed by atoms with Crippen LogP contribution in [0.25, 0.3) is 0 Å². The molecule has 0 spiro atoms. The van der Waals surface area contributed by atoms with E-state index in [2.05, 4.69) is 6.07 Å². The zero-order valence-corrected chi connectivity index (χ0v) is 12.7. The van der Waals surface area contributed by atoms with E-state index in [1.165, 1.54) is 23.9 Å². The summed E-state index contributed by atoms with van der Waals surface area (Å²) >= 11 is 1.48. The van der Waals surface area contributed by atoms with Crippen LogP contribution >= 0.6 is 11.8 Å². The van der Waals surface area contributed by atoms with Crippen LogP contribution < -0.4 is 4.90 Å². The topological polar surface area (TPSA) is 44.1 Å². The van der Waals surface area contributed by atoms with Crippen LogP contribution in [0.5, 0.6) is 0 Å². The summed E-state index contributed by atoms with van der Waals surface area (Å²) in [6.07, 6.45) is 0. The van der Waals surface area contributed by atoms with Crippen molar-refractivity contribution in [2.45, 2.75) is 12.3 Å². The molecule has 3 rings (SSSR count). The standard InChI is InChI=1S/C17H13FN2OS/c1-11-3-2-4-13(9-19)16(11)20-15(21)10-22-17(20)12-5-7-14(18)8-6-12/h2-8,17H,10H2,1H3. The van der Waals surface area contributed by atoms with Crippen molar-refractivity contribution in [2.24, 2.45) is 0 Å². The molecule has 22 heavy (non-hydrogen) atoms. The highest BCUT2D eigenvalue weighted by Crippen LogP contribution is 2.43. The number of hydrogen-bond donors (Lipinski definition) is 0. The van der Waals surface area contributed by atoms with Gasteiger partial charge in [-0.25, -0.2) is 4.39 Å². The zero-order valence-electron chi connectivity index (χ0n) is 11.9. The summed E-state index contributed by atoms with van der Waals surface area (Å²) in [7, 11) is 0. The van der Waals surface area contributed by atoms with Gasteiger partial charge in [0.2, 0.25) is 5.91 Å². The first-order valence-corrected chi connectivity index (χ1v) is 7.85. The molecule has 1 heterocycles. The third-order valence-electron chi connectivity index (χ3n) is 3.62. The average Bonchev–Trinajstić information content (AvgIpc) is 2.89. The van der Waals surface area contributed by atoms with Gasteiger partial charge >= 0.3 is 0 Å². The number of rotatable bonds is 2. The van der Waals surface area contributed by atoms with E-state index in [9.17, 15) is 14.4 Å². The molecule has 0 radical (unpaired) electrons. The molecular formula is C17H13FN2OS. The van der Waals surface area contributed by atoms with E-state index in [0.717, 1.165) is 11.1 Å². The molecule has 110 valence electrons. The molecule has 0 saturated carbocycles. The molecule has 0 aromatic heterocycles. The van der Waals surface area contributed by atoms with Crippen molar-refractivity contribution in [3.8, 4) is 6.07 Å². The Balaban J connectivity index is 2.10. The van der Waals surface area contributed by atoms with Gasteiger partial charge in [-0.1, -0.05) is 24.3 Å². The molecule has 3 nitrogen and oxygen atoms in total. The Morgan fingerprint density at radius 1 is 1.27 bits per heavy atom. The first-order valence-electron chi connectivity index (χ1n) is 6.80. The van der Waals surface area contributed by atoms with Crippen molar-refractivity contribution in [1.29, 1.82) is 5.26 Å². The molecule has 1 amide bonds. The number of benzene rings is 2. The summed E-state index contributed by atoms with van der Waals surface area (Å²) in [5.41, 5.74) is 2.85. The minimum absolute atomic E-state index is 0.0369. The van der Waals surface area contributed by atoms with Gasteiger partial charge < -0.3 is 0 Å². The summed E-state index contributed by atoms with van der Waals surface area (Å²) in [6, 6.07) is 13.7. The Labute approximate surface area is 132 Å². The van der Waals surface area contributed by atoms with Gasteiger partial charge in [-0.15, -0.1) is 11.8 Å². The largest absolute Gasteiger partial charge is 0.293 e. The fraction of sp³-hybridized carbons (Fsp3) is 0.176. The second kappa shape index (κ2) is 5.82. The smallest absolute Gasteiger partial charge is 0.238 e. The molecule has 0 N–H and O–H groups in total. The van der Waals surface area contributed by atoms with E-state index in [0.29, 0.717) is 17.0 Å². The predicted molar refractivity (Wildman–Crippen MR) is 85.0 cm³/mol. The number of carbonyl (C=O) groups excluding carboxylic acids is 1. The van der Waals surface area contributed by atoms with Gasteiger partial charge in [-0.05, 0) is 36.2 Å². The lowest BCUT2D eigenvalue weighted by atomic mass is 10.1. The molecule has 1 unspecified atom stereocenters. The lowest BCUT2D eigenvalue weighted by Crippen LogP contribution is -2.29. The molecule has 1 aliphatic heterocycles. The Bertz CT molecular complexity index is 767. The average molecular weight is 312 g/mol. The molecule has 1 fully saturated rings. The second-order valence-corrected chi connectivity index (χ2v) is 6.13. The molecule has 2 aromatic rings. The number of nitrogens with zero attached hydrogens (tertiary/aromatic N) is 2. The number of thioether (sulfide) groups is 1. The number of hydrogen-bond acceptors (Lipinski definition) is 3. The third-order valence-corrected chi connectivity index (χ3v) is 4.83. The van der Waals surface area contributed by atoms with Crippen LogP contribution in [0.4, 0.5) is 10.1 Å². The van der Waals surface area contributed by atoms with Gasteiger partial charge in [-0.2, -0.15) is 5.26 Å². The van der Waals surface area contributed by atoms with Crippen molar-refractivity contribution in [3.05, 3.63) is 65.0 Å². The minimum Gasteiger partial charge on any atom is -0.293 e. The highest BCUT2D eigenvalue weighted by molar-refractivity contribution is 8.00. The number of anilines is 1. The second-order valence-electron chi connectivity index (χ2n) is 5.06. The van der Waals surface area contributed by atoms with Crippen LogP contribution in [0.2, 0.25) is 0 Å². The zero-order chi connectivity index (χ0) is 15.7. The number of para-hydroxylation sites is 1. The quantitative estimate of drug-likeness (QED) is 0.847. The molecule has 1 saturated heterocycles. The molecule has 5 heteroatoms. The van der Waals surface area contributed by atoms with Crippen molar-refractivity contribution in [2.75, 3.05) is 10.7 Å². The lowest BCUT2D eigenvalue weighted by molar-refractivity contribution is -0.115. The van der Waals surface area contributed by atoms with Crippen LogP contribution in [0.1, 0.15) is 22.1 Å². The van der Waals surface area contributed by atoms with Crippen LogP contribution in [0.3, 0.4) is 0 Å². The van der Waals surface area contributed by atoms with Gasteiger partial charge in [0.05, 0.1) is 17.0 Å². The molecule has 1 atom stereocenters. The van der Waals surface area contributed by atoms with E-state index >= 15 is 0 Å². The van der Waals surface area contributed by atoms with Crippen LogP contribution in [0, 0.1) is 24.1 Å². The maximum absolute atomic E-state index is 13.1. The maximum atomic E-state index is 13.1. The third kappa shape index (κ3) is 2.46. The van der Waals surface area contributed by atoms with Gasteiger partial charge in [0.25, 0.3) is 0 Å². The lowest BCUT2D eigenvalue weighted by Gasteiger charge is -2.26. The SMILES string of the molecule is Cc1cccc(C#N)c1N1C(=O)CSC1c1ccc(F)cc1. The Hall–Kier alpha value is -2.32. The molecule has 2 aromatic carbocycles. The van der Waals surface area contributed by atoms with Crippen molar-refractivity contribution >= 4 is 23.4 Å². The first kappa shape index (κ1) is 14.6. The Morgan fingerprint density at radius 2 is 2.00 bits per heavy atom. The number of aryl methyl sites for hydroxylation is 1. The molecule has 0 aliphatic carbocycles. The summed E-state index contributed by atoms with van der Waals surface area (Å²) in [5, 5.41) is 9.10. The maximum Gasteiger partial charge on any atom is 0.238 e. The van der Waals surface area contributed by atoms with E-state index < -0.39 is 0 Å². The van der Waals surface area contributed by atoms with Crippen LogP contribution in [0.15, 0.2) is 42.5 Å². The Kier molecular flexibility index (Phi) is 3.86. The number of halogens is 1. The molecular weight excluding hydrogens is 299 g/mol. The van der Waals surface area contributed by atoms with Gasteiger partial charge in [0.1, 0.15) is 17.3 Å². The van der Waals surface area contributed by atoms with Crippen molar-refractivity contribution in [3.63, 3.8) is 0 Å². The summed E-state index contributed by atoms with van der Waals surface area (Å²) in [4.78, 5) is 14.0. The normalized spacial score (nSPS) is 17.6. The molecule has 1 aliphatic rings. The first-order chi connectivity index (χ1) is 10.6. The van der Waals surface area contributed by atoms with Crippen molar-refractivity contribution < 1.29 is 9.18 Å². The molecule has 0 bridgehead atoms. The van der Waals surface area contributed by atoms with Gasteiger partial charge in [-0.3, -0.25) is 9.69 Å². The fourth-order valence-corrected chi connectivity index (χ4v) is 3.77. The van der Waals surface area contributed by atoms with Gasteiger partial charge in [0, 0.05) is 0 Å². The number of nitriles is 1. The highest BCUT2D eigenvalue weighted by Gasteiger charge is 2.36.